The summed E-state index contributed by atoms with van der Waals surface area (Å²) in [6.45, 7) is -0.182. The zero-order valence-electron chi connectivity index (χ0n) is 21.6. The third-order valence-corrected chi connectivity index (χ3v) is 7.47. The van der Waals surface area contributed by atoms with Gasteiger partial charge in [-0.25, -0.2) is 17.9 Å². The Morgan fingerprint density at radius 1 is 0.976 bits per heavy atom. The molecule has 1 aromatic heterocycles. The summed E-state index contributed by atoms with van der Waals surface area (Å²) in [4.78, 5) is 30.7. The molecule has 13 nitrogen and oxygen atoms in total. The van der Waals surface area contributed by atoms with Gasteiger partial charge in [-0.15, -0.1) is 5.10 Å². The number of aliphatic hydroxyl groups excluding tert-OH is 3. The van der Waals surface area contributed by atoms with E-state index in [1.807, 2.05) is 0 Å². The number of carbonyl (C=O) groups is 1. The summed E-state index contributed by atoms with van der Waals surface area (Å²) in [6, 6.07) is 0. The highest BCUT2D eigenvalue weighted by Crippen LogP contribution is 2.43. The van der Waals surface area contributed by atoms with Gasteiger partial charge in [0.2, 0.25) is 34.8 Å². The first-order valence-corrected chi connectivity index (χ1v) is 15.5. The van der Waals surface area contributed by atoms with Crippen molar-refractivity contribution in [2.75, 3.05) is 26.0 Å². The maximum absolute atomic E-state index is 13.6. The van der Waals surface area contributed by atoms with E-state index < -0.39 is 84.9 Å². The second-order valence-electron chi connectivity index (χ2n) is 9.09. The van der Waals surface area contributed by atoms with Crippen LogP contribution in [0.3, 0.4) is 0 Å². The normalized spacial score (nSPS) is 22.9. The lowest BCUT2D eigenvalue weighted by Gasteiger charge is -2.40. The predicted octanol–water partition coefficient (Wildman–Crippen LogP) is 0.633. The van der Waals surface area contributed by atoms with Gasteiger partial charge in [0.15, 0.2) is 6.29 Å². The molecule has 1 aliphatic rings. The molecule has 5 atom stereocenters. The van der Waals surface area contributed by atoms with E-state index in [2.05, 4.69) is 23.6 Å². The summed E-state index contributed by atoms with van der Waals surface area (Å²) < 4.78 is 88.4. The van der Waals surface area contributed by atoms with Gasteiger partial charge < -0.3 is 44.1 Å². The Kier molecular flexibility index (Phi) is 12.3. The van der Waals surface area contributed by atoms with Crippen LogP contribution in [0.25, 0.3) is 0 Å². The van der Waals surface area contributed by atoms with Crippen LogP contribution in [0.4, 0.5) is 22.0 Å². The van der Waals surface area contributed by atoms with Crippen LogP contribution in [0, 0.1) is 29.1 Å². The van der Waals surface area contributed by atoms with Gasteiger partial charge >= 0.3 is 5.97 Å². The number of hydrogen-bond donors (Lipinski definition) is 5. The first kappa shape index (κ1) is 34.4. The van der Waals surface area contributed by atoms with Crippen LogP contribution in [-0.4, -0.2) is 103 Å². The molecule has 1 aliphatic heterocycles. The summed E-state index contributed by atoms with van der Waals surface area (Å²) in [5, 5.41) is 38.1. The van der Waals surface area contributed by atoms with Crippen molar-refractivity contribution in [2.24, 2.45) is 0 Å². The van der Waals surface area contributed by atoms with Crippen molar-refractivity contribution in [3.63, 3.8) is 0 Å². The van der Waals surface area contributed by atoms with Gasteiger partial charge in [0, 0.05) is 18.8 Å². The zero-order chi connectivity index (χ0) is 31.2. The van der Waals surface area contributed by atoms with Gasteiger partial charge in [-0.1, -0.05) is 13.7 Å². The fourth-order valence-electron chi connectivity index (χ4n) is 3.70. The van der Waals surface area contributed by atoms with Crippen LogP contribution in [0.2, 0.25) is 0 Å². The summed E-state index contributed by atoms with van der Waals surface area (Å²) >= 11 is 0. The highest BCUT2D eigenvalue weighted by Gasteiger charge is 2.44. The van der Waals surface area contributed by atoms with Crippen molar-refractivity contribution in [1.82, 2.24) is 15.0 Å². The van der Waals surface area contributed by atoms with Crippen molar-refractivity contribution in [2.45, 2.75) is 56.5 Å². The second kappa shape index (κ2) is 15.1. The van der Waals surface area contributed by atoms with E-state index in [-0.39, 0.29) is 45.4 Å². The molecular weight excluding hydrogens is 623 g/mol. The second-order valence-corrected chi connectivity index (χ2v) is 13.1. The number of hydrogen-bond acceptors (Lipinski definition) is 10. The lowest BCUT2D eigenvalue weighted by molar-refractivity contribution is -0.296. The molecule has 1 fully saturated rings. The number of nitrogens with zero attached hydrogens (tertiary/aromatic N) is 3. The molecule has 5 N–H and O–H groups in total. The highest BCUT2D eigenvalue weighted by atomic mass is 31.8. The first-order valence-electron chi connectivity index (χ1n) is 12.3. The van der Waals surface area contributed by atoms with Gasteiger partial charge in [0.25, 0.3) is 0 Å². The van der Waals surface area contributed by atoms with Crippen LogP contribution in [-0.2, 0) is 32.0 Å². The van der Waals surface area contributed by atoms with Crippen molar-refractivity contribution >= 4 is 21.5 Å². The van der Waals surface area contributed by atoms with Crippen LogP contribution >= 0.6 is 15.5 Å². The standard InChI is InChI=1S/C22H28F5N3O10P2/c23-13-14(24)16(26)21(17(27)15(13)25)40-12(31)2-5-37-7-4-30-9-10(28-29-30)1-6-38-22-20(34)19(33)18(32)11(39-22)3-8-42(35,36)41/h9,11,18-20,22,32-36,41H,1-8H2/t11-,18-,19+,20+,22+/m1/s1. The van der Waals surface area contributed by atoms with Crippen LogP contribution in [0.1, 0.15) is 18.5 Å². The predicted molar refractivity (Wildman–Crippen MR) is 133 cm³/mol. The van der Waals surface area contributed by atoms with E-state index in [9.17, 15) is 51.9 Å². The molecule has 0 spiro atoms. The van der Waals surface area contributed by atoms with Crippen molar-refractivity contribution in [3.8, 4) is 5.75 Å². The van der Waals surface area contributed by atoms with E-state index in [1.54, 1.807) is 0 Å². The Balaban J connectivity index is 1.37. The molecule has 0 radical (unpaired) electrons. The molecule has 0 saturated carbocycles. The summed E-state index contributed by atoms with van der Waals surface area (Å²) in [5.41, 5.74) is 0.456. The van der Waals surface area contributed by atoms with Gasteiger partial charge in [-0.2, -0.15) is 8.78 Å². The molecule has 0 aliphatic carbocycles. The average molecular weight is 651 g/mol. The molecule has 42 heavy (non-hydrogen) atoms. The molecule has 2 heterocycles. The third-order valence-electron chi connectivity index (χ3n) is 5.92. The lowest BCUT2D eigenvalue weighted by atomic mass is 9.97. The third kappa shape index (κ3) is 9.19. The molecule has 1 aromatic carbocycles. The summed E-state index contributed by atoms with van der Waals surface area (Å²) in [5.74, 6) is -14.4. The first-order chi connectivity index (χ1) is 19.7. The molecule has 236 valence electrons. The Hall–Kier alpha value is -2.11. The van der Waals surface area contributed by atoms with Crippen LogP contribution in [0.5, 0.6) is 5.75 Å². The van der Waals surface area contributed by atoms with Crippen LogP contribution < -0.4 is 4.74 Å². The van der Waals surface area contributed by atoms with Gasteiger partial charge in [-0.05, 0) is 6.42 Å². The highest BCUT2D eigenvalue weighted by molar-refractivity contribution is 7.91. The monoisotopic (exact) mass is 651 g/mol. The fourth-order valence-corrected chi connectivity index (χ4v) is 4.70. The Morgan fingerprint density at radius 2 is 1.62 bits per heavy atom. The minimum atomic E-state index is -3.34. The molecule has 0 bridgehead atoms. The van der Waals surface area contributed by atoms with E-state index in [0.717, 1.165) is 0 Å². The molecule has 1 saturated heterocycles. The summed E-state index contributed by atoms with van der Waals surface area (Å²) in [7, 11) is -0.547. The number of rotatable bonds is 14. The number of carbonyl (C=O) groups excluding carboxylic acids is 1. The van der Waals surface area contributed by atoms with Crippen LogP contribution in [0.15, 0.2) is 6.20 Å². The van der Waals surface area contributed by atoms with E-state index in [0.29, 0.717) is 5.69 Å². The van der Waals surface area contributed by atoms with Gasteiger partial charge in [0.1, 0.15) is 25.3 Å². The number of benzene rings is 1. The number of esters is 1. The minimum Gasteiger partial charge on any atom is -0.420 e. The number of aromatic nitrogens is 3. The van der Waals surface area contributed by atoms with E-state index in [4.69, 9.17) is 14.2 Å². The maximum atomic E-state index is 13.6. The van der Waals surface area contributed by atoms with Gasteiger partial charge in [0.05, 0.1) is 44.6 Å². The topological polar surface area (TPSA) is 186 Å². The quantitative estimate of drug-likeness (QED) is 0.0366. The Bertz CT molecular complexity index is 1260. The average Bonchev–Trinajstić information content (AvgIpc) is 3.39. The largest absolute Gasteiger partial charge is 0.420 e. The Morgan fingerprint density at radius 3 is 2.26 bits per heavy atom. The number of aliphatic hydroxyl groups is 3. The number of ether oxygens (including phenoxy) is 4. The molecule has 0 unspecified atom stereocenters. The van der Waals surface area contributed by atoms with E-state index in [1.165, 1.54) is 10.9 Å². The smallest absolute Gasteiger partial charge is 0.313 e. The van der Waals surface area contributed by atoms with Gasteiger partial charge in [-0.3, -0.25) is 4.79 Å². The van der Waals surface area contributed by atoms with E-state index >= 15 is 0 Å². The van der Waals surface area contributed by atoms with Crippen molar-refractivity contribution in [3.05, 3.63) is 41.0 Å². The summed E-state index contributed by atoms with van der Waals surface area (Å²) in [6.07, 6.45) is -5.96. The molecule has 20 heteroatoms. The number of halogens is 5. The Labute approximate surface area is 236 Å². The molecule has 0 amide bonds. The molecule has 3 rings (SSSR count). The zero-order valence-corrected chi connectivity index (χ0v) is 23.5. The lowest BCUT2D eigenvalue weighted by Crippen LogP contribution is -2.58. The van der Waals surface area contributed by atoms with Crippen molar-refractivity contribution in [1.29, 1.82) is 0 Å². The SMILES string of the molecule is O=C(CCOCCn1cc(CCO[C@H]2O[C@H](CCP(O)(O)=P)[C@@H](O)[C@H](O)[C@@H]2O)nn1)Oc1c(F)c(F)c(F)c(F)c1F. The maximum Gasteiger partial charge on any atom is 0.313 e. The fraction of sp³-hybridized carbons (Fsp3) is 0.591. The molecular formula is C22H28F5N3O10P2. The minimum absolute atomic E-state index is 0.00164. The van der Waals surface area contributed by atoms with Crippen molar-refractivity contribution < 1.29 is 70.8 Å². The molecule has 2 aromatic rings.